The number of rotatable bonds is 4. The van der Waals surface area contributed by atoms with E-state index in [1.54, 1.807) is 25.0 Å². The molecular formula is C18H25BrN5O2S-. The minimum atomic E-state index is -0.295. The van der Waals surface area contributed by atoms with Crippen LogP contribution in [0.4, 0.5) is 11.5 Å². The Balaban J connectivity index is 0.00000261. The zero-order chi connectivity index (χ0) is 18.9. The molecule has 0 aromatic carbocycles. The van der Waals surface area contributed by atoms with Crippen molar-refractivity contribution in [3.8, 4) is 0 Å². The summed E-state index contributed by atoms with van der Waals surface area (Å²) in [6.07, 6.45) is 3.31. The van der Waals surface area contributed by atoms with Crippen molar-refractivity contribution in [2.45, 2.75) is 38.6 Å². The first kappa shape index (κ1) is 21.7. The van der Waals surface area contributed by atoms with Gasteiger partial charge >= 0.3 is 5.97 Å². The number of carbonyl (C=O) groups excluding carboxylic acids is 1. The van der Waals surface area contributed by atoms with E-state index >= 15 is 0 Å². The Morgan fingerprint density at radius 2 is 2.11 bits per heavy atom. The number of aromatic nitrogens is 2. The molecule has 0 atom stereocenters. The van der Waals surface area contributed by atoms with E-state index in [-0.39, 0.29) is 34.9 Å². The number of fused-ring (bicyclic) bond motifs is 1. The van der Waals surface area contributed by atoms with Crippen LogP contribution in [0.3, 0.4) is 0 Å². The Kier molecular flexibility index (Phi) is 6.91. The van der Waals surface area contributed by atoms with Crippen LogP contribution in [0.25, 0.3) is 0 Å². The predicted octanol–water partition coefficient (Wildman–Crippen LogP) is 0.0999. The van der Waals surface area contributed by atoms with Gasteiger partial charge in [-0.05, 0) is 25.2 Å². The van der Waals surface area contributed by atoms with Crippen molar-refractivity contribution >= 4 is 34.9 Å². The second-order valence-corrected chi connectivity index (χ2v) is 8.39. The number of nitrogens with one attached hydrogen (secondary N) is 1. The van der Waals surface area contributed by atoms with Gasteiger partial charge in [-0.2, -0.15) is 0 Å². The van der Waals surface area contributed by atoms with Gasteiger partial charge in [-0.3, -0.25) is 9.79 Å². The van der Waals surface area contributed by atoms with Crippen LogP contribution in [0.5, 0.6) is 0 Å². The summed E-state index contributed by atoms with van der Waals surface area (Å²) in [5.74, 6) is 0.569. The van der Waals surface area contributed by atoms with Gasteiger partial charge in [-0.15, -0.1) is 0 Å². The van der Waals surface area contributed by atoms with Gasteiger partial charge in [-0.1, -0.05) is 25.6 Å². The SMILES string of the molecule is CCOC(=O)CN=C1CC(C)(C)CC2=C1Sc1ncnc(N(C)C)c1N2.[Br-]. The van der Waals surface area contributed by atoms with Crippen molar-refractivity contribution in [1.29, 1.82) is 0 Å². The van der Waals surface area contributed by atoms with Crippen LogP contribution in [0.2, 0.25) is 0 Å². The fraction of sp³-hybridized carbons (Fsp3) is 0.556. The van der Waals surface area contributed by atoms with Gasteiger partial charge in [-0.25, -0.2) is 9.97 Å². The zero-order valence-electron chi connectivity index (χ0n) is 16.3. The first-order valence-corrected chi connectivity index (χ1v) is 9.52. The number of anilines is 2. The van der Waals surface area contributed by atoms with E-state index in [0.29, 0.717) is 6.61 Å². The van der Waals surface area contributed by atoms with E-state index in [1.807, 2.05) is 19.0 Å². The first-order valence-electron chi connectivity index (χ1n) is 8.70. The zero-order valence-corrected chi connectivity index (χ0v) is 18.7. The molecular weight excluding hydrogens is 430 g/mol. The van der Waals surface area contributed by atoms with Crippen LogP contribution in [-0.4, -0.2) is 48.9 Å². The van der Waals surface area contributed by atoms with Gasteiger partial charge in [0.05, 0.1) is 17.2 Å². The number of nitrogens with zero attached hydrogens (tertiary/aromatic N) is 4. The molecule has 3 rings (SSSR count). The third kappa shape index (κ3) is 4.82. The maximum absolute atomic E-state index is 11.7. The lowest BCUT2D eigenvalue weighted by Gasteiger charge is -2.37. The summed E-state index contributed by atoms with van der Waals surface area (Å²) in [4.78, 5) is 28.2. The summed E-state index contributed by atoms with van der Waals surface area (Å²) in [5, 5.41) is 4.42. The lowest BCUT2D eigenvalue weighted by Crippen LogP contribution is -3.00. The molecule has 0 unspecified atom stereocenters. The van der Waals surface area contributed by atoms with Crippen molar-refractivity contribution in [1.82, 2.24) is 9.97 Å². The number of hydrogen-bond acceptors (Lipinski definition) is 8. The Hall–Kier alpha value is -1.61. The molecule has 1 aromatic heterocycles. The van der Waals surface area contributed by atoms with Gasteiger partial charge in [0.2, 0.25) is 0 Å². The normalized spacial score (nSPS) is 18.8. The van der Waals surface area contributed by atoms with Gasteiger partial charge in [0.25, 0.3) is 0 Å². The highest BCUT2D eigenvalue weighted by Gasteiger charge is 2.36. The van der Waals surface area contributed by atoms with Crippen LogP contribution in [0.1, 0.15) is 33.6 Å². The number of thioether (sulfide) groups is 1. The monoisotopic (exact) mass is 454 g/mol. The molecule has 1 aliphatic heterocycles. The third-order valence-corrected chi connectivity index (χ3v) is 5.42. The topological polar surface area (TPSA) is 79.7 Å². The number of esters is 1. The number of hydrogen-bond donors (Lipinski definition) is 1. The van der Waals surface area contributed by atoms with Crippen LogP contribution in [0, 0.1) is 5.41 Å². The van der Waals surface area contributed by atoms with Crippen molar-refractivity contribution < 1.29 is 26.5 Å². The molecule has 0 bridgehead atoms. The summed E-state index contributed by atoms with van der Waals surface area (Å²) in [7, 11) is 3.94. The fourth-order valence-electron chi connectivity index (χ4n) is 3.18. The number of ether oxygens (including phenoxy) is 1. The van der Waals surface area contributed by atoms with Crippen molar-refractivity contribution in [2.24, 2.45) is 10.4 Å². The Morgan fingerprint density at radius 3 is 2.78 bits per heavy atom. The highest BCUT2D eigenvalue weighted by molar-refractivity contribution is 8.04. The largest absolute Gasteiger partial charge is 1.00 e. The van der Waals surface area contributed by atoms with Crippen molar-refractivity contribution in [3.05, 3.63) is 16.9 Å². The molecule has 9 heteroatoms. The van der Waals surface area contributed by atoms with Crippen LogP contribution in [-0.2, 0) is 9.53 Å². The second kappa shape index (κ2) is 8.60. The van der Waals surface area contributed by atoms with E-state index in [0.717, 1.165) is 45.7 Å². The van der Waals surface area contributed by atoms with E-state index in [4.69, 9.17) is 4.74 Å². The lowest BCUT2D eigenvalue weighted by atomic mass is 9.78. The Bertz CT molecular complexity index is 792. The number of halogens is 1. The van der Waals surface area contributed by atoms with Crippen LogP contribution >= 0.6 is 11.8 Å². The molecule has 0 saturated carbocycles. The summed E-state index contributed by atoms with van der Waals surface area (Å²) < 4.78 is 5.01. The standard InChI is InChI=1S/C18H25N5O2S.BrH/c1-6-25-13(24)9-19-11-7-18(2,3)8-12-15(11)26-17-14(22-12)16(23(4)5)20-10-21-17;/h10,22H,6-9H2,1-5H3;1H/p-1. The highest BCUT2D eigenvalue weighted by atomic mass is 79.9. The molecule has 0 radical (unpaired) electrons. The first-order chi connectivity index (χ1) is 12.3. The molecule has 2 heterocycles. The van der Waals surface area contributed by atoms with Gasteiger partial charge in [0, 0.05) is 19.8 Å². The maximum atomic E-state index is 11.7. The summed E-state index contributed by atoms with van der Waals surface area (Å²) in [5.41, 5.74) is 3.06. The van der Waals surface area contributed by atoms with Crippen molar-refractivity contribution in [2.75, 3.05) is 37.5 Å². The molecule has 0 fully saturated rings. The van der Waals surface area contributed by atoms with Crippen molar-refractivity contribution in [3.63, 3.8) is 0 Å². The highest BCUT2D eigenvalue weighted by Crippen LogP contribution is 2.49. The quantitative estimate of drug-likeness (QED) is 0.510. The summed E-state index contributed by atoms with van der Waals surface area (Å²) >= 11 is 1.60. The Labute approximate surface area is 174 Å². The molecule has 27 heavy (non-hydrogen) atoms. The molecule has 0 saturated heterocycles. The minimum absolute atomic E-state index is 0. The van der Waals surface area contributed by atoms with Gasteiger partial charge < -0.3 is 31.9 Å². The summed E-state index contributed by atoms with van der Waals surface area (Å²) in [6, 6.07) is 0. The van der Waals surface area contributed by atoms with Crippen LogP contribution in [0.15, 0.2) is 26.9 Å². The molecule has 1 N–H and O–H groups in total. The molecule has 2 aliphatic rings. The van der Waals surface area contributed by atoms with E-state index in [1.165, 1.54) is 0 Å². The van der Waals surface area contributed by atoms with E-state index < -0.39 is 0 Å². The lowest BCUT2D eigenvalue weighted by molar-refractivity contribution is -0.141. The average molecular weight is 455 g/mol. The Morgan fingerprint density at radius 1 is 1.37 bits per heavy atom. The fourth-order valence-corrected chi connectivity index (χ4v) is 4.22. The second-order valence-electron chi connectivity index (χ2n) is 7.39. The van der Waals surface area contributed by atoms with Gasteiger partial charge in [0.1, 0.15) is 23.6 Å². The molecule has 148 valence electrons. The molecule has 1 aromatic rings. The maximum Gasteiger partial charge on any atom is 0.327 e. The number of aliphatic imine (C=N–C) groups is 1. The average Bonchev–Trinajstić information content (AvgIpc) is 2.57. The van der Waals surface area contributed by atoms with Gasteiger partial charge in [0.15, 0.2) is 5.82 Å². The molecule has 0 amide bonds. The molecule has 0 spiro atoms. The van der Waals surface area contributed by atoms with E-state index in [2.05, 4.69) is 34.1 Å². The van der Waals surface area contributed by atoms with Crippen LogP contribution < -0.4 is 27.2 Å². The minimum Gasteiger partial charge on any atom is -1.00 e. The number of carbonyl (C=O) groups is 1. The molecule has 7 nitrogen and oxygen atoms in total. The number of allylic oxidation sites excluding steroid dienone is 2. The predicted molar refractivity (Wildman–Crippen MR) is 105 cm³/mol. The smallest absolute Gasteiger partial charge is 0.327 e. The summed E-state index contributed by atoms with van der Waals surface area (Å²) in [6.45, 7) is 6.66. The third-order valence-electron chi connectivity index (χ3n) is 4.23. The molecule has 1 aliphatic carbocycles. The van der Waals surface area contributed by atoms with E-state index in [9.17, 15) is 4.79 Å².